The average Bonchev–Trinajstić information content (AvgIpc) is 2.72. The van der Waals surface area contributed by atoms with E-state index in [1.54, 1.807) is 18.6 Å². The summed E-state index contributed by atoms with van der Waals surface area (Å²) in [7, 11) is 0. The molecule has 0 amide bonds. The van der Waals surface area contributed by atoms with Crippen LogP contribution >= 0.6 is 0 Å². The average molecular weight is 176 g/mol. The van der Waals surface area contributed by atoms with Crippen molar-refractivity contribution in [3.05, 3.63) is 35.9 Å². The monoisotopic (exact) mass is 176 g/mol. The SMILES string of the molecule is Cc1cnn(C(=O)c2cn[nH]c2)c1. The topological polar surface area (TPSA) is 63.6 Å². The molecule has 0 saturated carbocycles. The normalized spacial score (nSPS) is 10.2. The number of carbonyl (C=O) groups is 1. The highest BCUT2D eigenvalue weighted by atomic mass is 16.2. The zero-order valence-corrected chi connectivity index (χ0v) is 7.06. The molecule has 2 heterocycles. The predicted molar refractivity (Wildman–Crippen MR) is 45.3 cm³/mol. The minimum Gasteiger partial charge on any atom is -0.285 e. The summed E-state index contributed by atoms with van der Waals surface area (Å²) in [5.41, 5.74) is 1.46. The number of carbonyl (C=O) groups excluding carboxylic acids is 1. The Morgan fingerprint density at radius 2 is 2.38 bits per heavy atom. The molecule has 5 heteroatoms. The fourth-order valence-electron chi connectivity index (χ4n) is 1.02. The van der Waals surface area contributed by atoms with E-state index in [1.807, 2.05) is 6.92 Å². The van der Waals surface area contributed by atoms with Crippen molar-refractivity contribution >= 4 is 5.91 Å². The second-order valence-electron chi connectivity index (χ2n) is 2.75. The van der Waals surface area contributed by atoms with Gasteiger partial charge in [0.05, 0.1) is 18.0 Å². The van der Waals surface area contributed by atoms with Crippen molar-refractivity contribution in [2.24, 2.45) is 0 Å². The number of nitrogens with one attached hydrogen (secondary N) is 1. The van der Waals surface area contributed by atoms with Crippen LogP contribution in [0.3, 0.4) is 0 Å². The first-order chi connectivity index (χ1) is 6.27. The van der Waals surface area contributed by atoms with Crippen molar-refractivity contribution in [3.63, 3.8) is 0 Å². The Labute approximate surface area is 74.4 Å². The minimum absolute atomic E-state index is 0.179. The Morgan fingerprint density at radius 3 is 2.92 bits per heavy atom. The number of rotatable bonds is 1. The van der Waals surface area contributed by atoms with Gasteiger partial charge in [-0.1, -0.05) is 0 Å². The molecule has 0 aliphatic heterocycles. The zero-order valence-electron chi connectivity index (χ0n) is 7.06. The molecule has 66 valence electrons. The number of H-pyrrole nitrogens is 1. The predicted octanol–water partition coefficient (Wildman–Crippen LogP) is 0.603. The zero-order chi connectivity index (χ0) is 9.26. The third-order valence-electron chi connectivity index (χ3n) is 1.66. The lowest BCUT2D eigenvalue weighted by Gasteiger charge is -1.94. The summed E-state index contributed by atoms with van der Waals surface area (Å²) in [5, 5.41) is 10.2. The van der Waals surface area contributed by atoms with E-state index >= 15 is 0 Å². The second kappa shape index (κ2) is 2.85. The molecule has 0 aliphatic rings. The standard InChI is InChI=1S/C8H8N4O/c1-6-2-11-12(5-6)8(13)7-3-9-10-4-7/h2-5H,1H3,(H,9,10). The lowest BCUT2D eigenvalue weighted by atomic mass is 10.3. The second-order valence-corrected chi connectivity index (χ2v) is 2.75. The van der Waals surface area contributed by atoms with E-state index < -0.39 is 0 Å². The van der Waals surface area contributed by atoms with E-state index in [4.69, 9.17) is 0 Å². The molecule has 1 N–H and O–H groups in total. The van der Waals surface area contributed by atoms with Crippen LogP contribution in [-0.2, 0) is 0 Å². The van der Waals surface area contributed by atoms with Crippen LogP contribution in [0.4, 0.5) is 0 Å². The quantitative estimate of drug-likeness (QED) is 0.692. The van der Waals surface area contributed by atoms with Crippen LogP contribution in [0.2, 0.25) is 0 Å². The number of hydrogen-bond acceptors (Lipinski definition) is 3. The first kappa shape index (κ1) is 7.72. The molecule has 13 heavy (non-hydrogen) atoms. The van der Waals surface area contributed by atoms with Crippen molar-refractivity contribution in [1.82, 2.24) is 20.0 Å². The van der Waals surface area contributed by atoms with Gasteiger partial charge in [-0.2, -0.15) is 10.2 Å². The first-order valence-corrected chi connectivity index (χ1v) is 3.82. The number of nitrogens with zero attached hydrogens (tertiary/aromatic N) is 3. The first-order valence-electron chi connectivity index (χ1n) is 3.82. The van der Waals surface area contributed by atoms with Crippen molar-refractivity contribution in [2.45, 2.75) is 6.92 Å². The van der Waals surface area contributed by atoms with Crippen molar-refractivity contribution < 1.29 is 4.79 Å². The van der Waals surface area contributed by atoms with Gasteiger partial charge >= 0.3 is 0 Å². The molecule has 0 radical (unpaired) electrons. The molecule has 0 fully saturated rings. The van der Waals surface area contributed by atoms with Gasteiger partial charge in [-0.15, -0.1) is 0 Å². The van der Waals surface area contributed by atoms with Crippen LogP contribution in [0.15, 0.2) is 24.8 Å². The summed E-state index contributed by atoms with van der Waals surface area (Å²) in [4.78, 5) is 11.6. The lowest BCUT2D eigenvalue weighted by molar-refractivity contribution is 0.0945. The van der Waals surface area contributed by atoms with Gasteiger partial charge < -0.3 is 0 Å². The number of aryl methyl sites for hydroxylation is 1. The van der Waals surface area contributed by atoms with Gasteiger partial charge in [0.15, 0.2) is 0 Å². The molecule has 0 atom stereocenters. The fraction of sp³-hybridized carbons (Fsp3) is 0.125. The Morgan fingerprint density at radius 1 is 1.54 bits per heavy atom. The highest BCUT2D eigenvalue weighted by Gasteiger charge is 2.09. The van der Waals surface area contributed by atoms with Crippen LogP contribution in [0.25, 0.3) is 0 Å². The van der Waals surface area contributed by atoms with E-state index in [2.05, 4.69) is 15.3 Å². The van der Waals surface area contributed by atoms with Crippen LogP contribution < -0.4 is 0 Å². The fourth-order valence-corrected chi connectivity index (χ4v) is 1.02. The Balaban J connectivity index is 2.33. The van der Waals surface area contributed by atoms with Crippen LogP contribution in [0.5, 0.6) is 0 Å². The molecule has 5 nitrogen and oxygen atoms in total. The third-order valence-corrected chi connectivity index (χ3v) is 1.66. The van der Waals surface area contributed by atoms with Crippen LogP contribution in [-0.4, -0.2) is 25.9 Å². The molecular weight excluding hydrogens is 168 g/mol. The molecule has 0 aromatic carbocycles. The largest absolute Gasteiger partial charge is 0.285 e. The molecule has 2 aromatic rings. The summed E-state index contributed by atoms with van der Waals surface area (Å²) in [6, 6.07) is 0. The van der Waals surface area contributed by atoms with Crippen molar-refractivity contribution in [3.8, 4) is 0 Å². The van der Waals surface area contributed by atoms with E-state index in [0.29, 0.717) is 5.56 Å². The van der Waals surface area contributed by atoms with Crippen molar-refractivity contribution in [2.75, 3.05) is 0 Å². The van der Waals surface area contributed by atoms with Gasteiger partial charge in [0.2, 0.25) is 0 Å². The summed E-state index contributed by atoms with van der Waals surface area (Å²) in [6.07, 6.45) is 6.33. The molecule has 0 aliphatic carbocycles. The number of aromatic amines is 1. The van der Waals surface area contributed by atoms with Gasteiger partial charge in [0, 0.05) is 12.4 Å². The Hall–Kier alpha value is -1.91. The molecule has 2 aromatic heterocycles. The minimum atomic E-state index is -0.179. The summed E-state index contributed by atoms with van der Waals surface area (Å²) < 4.78 is 1.29. The Bertz CT molecular complexity index is 415. The molecular formula is C8H8N4O. The molecule has 0 bridgehead atoms. The van der Waals surface area contributed by atoms with Gasteiger partial charge in [-0.25, -0.2) is 4.68 Å². The Kier molecular flexibility index (Phi) is 1.70. The molecule has 2 rings (SSSR count). The lowest BCUT2D eigenvalue weighted by Crippen LogP contribution is -2.11. The highest BCUT2D eigenvalue weighted by molar-refractivity contribution is 5.94. The van der Waals surface area contributed by atoms with E-state index in [1.165, 1.54) is 10.9 Å². The third kappa shape index (κ3) is 1.35. The summed E-state index contributed by atoms with van der Waals surface area (Å²) in [6.45, 7) is 1.88. The van der Waals surface area contributed by atoms with Gasteiger partial charge in [0.1, 0.15) is 0 Å². The number of hydrogen-bond donors (Lipinski definition) is 1. The maximum Gasteiger partial charge on any atom is 0.281 e. The molecule has 0 saturated heterocycles. The molecule has 0 unspecified atom stereocenters. The smallest absolute Gasteiger partial charge is 0.281 e. The van der Waals surface area contributed by atoms with E-state index in [0.717, 1.165) is 5.56 Å². The van der Waals surface area contributed by atoms with Gasteiger partial charge in [-0.3, -0.25) is 9.89 Å². The highest BCUT2D eigenvalue weighted by Crippen LogP contribution is 2.00. The maximum atomic E-state index is 11.6. The van der Waals surface area contributed by atoms with E-state index in [9.17, 15) is 4.79 Å². The summed E-state index contributed by atoms with van der Waals surface area (Å²) in [5.74, 6) is -0.179. The maximum absolute atomic E-state index is 11.6. The number of aromatic nitrogens is 4. The van der Waals surface area contributed by atoms with Crippen molar-refractivity contribution in [1.29, 1.82) is 0 Å². The van der Waals surface area contributed by atoms with Gasteiger partial charge in [0.25, 0.3) is 5.91 Å². The van der Waals surface area contributed by atoms with Crippen LogP contribution in [0.1, 0.15) is 15.9 Å². The van der Waals surface area contributed by atoms with E-state index in [-0.39, 0.29) is 5.91 Å². The van der Waals surface area contributed by atoms with Crippen LogP contribution in [0, 0.1) is 6.92 Å². The van der Waals surface area contributed by atoms with Gasteiger partial charge in [-0.05, 0) is 12.5 Å². The molecule has 0 spiro atoms. The summed E-state index contributed by atoms with van der Waals surface area (Å²) >= 11 is 0.